The van der Waals surface area contributed by atoms with E-state index >= 15 is 0 Å². The number of aromatic hydroxyl groups is 2. The Bertz CT molecular complexity index is 1270. The van der Waals surface area contributed by atoms with E-state index in [2.05, 4.69) is 0 Å². The summed E-state index contributed by atoms with van der Waals surface area (Å²) in [6, 6.07) is 2.15. The topological polar surface area (TPSA) is 230 Å². The first-order valence-corrected chi connectivity index (χ1v) is 12.7. The van der Waals surface area contributed by atoms with Crippen molar-refractivity contribution >= 4 is 11.9 Å². The largest absolute Gasteiger partial charge is 0.503 e. The van der Waals surface area contributed by atoms with E-state index in [1.807, 2.05) is 0 Å². The Morgan fingerprint density at radius 3 is 1.55 bits per heavy atom. The Balaban J connectivity index is 2.18. The molecule has 0 amide bonds. The van der Waals surface area contributed by atoms with Gasteiger partial charge in [-0.2, -0.15) is 0 Å². The molecule has 2 aromatic rings. The van der Waals surface area contributed by atoms with Gasteiger partial charge in [-0.25, -0.2) is 9.59 Å². The average Bonchev–Trinajstić information content (AvgIpc) is 2.93. The number of hydrogen-bond acceptors (Lipinski definition) is 10. The van der Waals surface area contributed by atoms with Crippen LogP contribution in [0, 0.1) is 11.8 Å². The number of hydrogen-bond donors (Lipinski definition) is 6. The summed E-state index contributed by atoms with van der Waals surface area (Å²) in [4.78, 5) is 50.4. The van der Waals surface area contributed by atoms with E-state index in [0.717, 1.165) is 12.1 Å². The van der Waals surface area contributed by atoms with Gasteiger partial charge in [0.25, 0.3) is 0 Å². The summed E-state index contributed by atoms with van der Waals surface area (Å²) < 4.78 is 12.8. The number of carbonyl (C=O) groups is 2. The summed E-state index contributed by atoms with van der Waals surface area (Å²) >= 11 is 0. The standard InChI is InChI=1S/C26H36N4O10/c1-39-12-10-29-8-6-17(31)19(33)21(29)25(27,23(35)36)15-4-3-5-16(14-15)26(28,24(37)38)22-20(34)18(32)7-9-30(22)11-13-40-2/h6-9,15-16,33-34H,3-5,10-14,27-28H2,1-2H3,(H,35,36)(H,37,38). The van der Waals surface area contributed by atoms with Gasteiger partial charge in [0.05, 0.1) is 24.6 Å². The molecule has 2 heterocycles. The zero-order valence-corrected chi connectivity index (χ0v) is 22.4. The van der Waals surface area contributed by atoms with Crippen LogP contribution in [0.2, 0.25) is 0 Å². The number of pyridine rings is 2. The number of rotatable bonds is 12. The maximum atomic E-state index is 12.8. The molecule has 4 unspecified atom stereocenters. The first-order chi connectivity index (χ1) is 18.8. The second kappa shape index (κ2) is 12.2. The fourth-order valence-electron chi connectivity index (χ4n) is 5.70. The lowest BCUT2D eigenvalue weighted by Gasteiger charge is -2.44. The molecule has 1 aliphatic rings. The molecule has 40 heavy (non-hydrogen) atoms. The van der Waals surface area contributed by atoms with Crippen molar-refractivity contribution in [1.82, 2.24) is 9.13 Å². The maximum Gasteiger partial charge on any atom is 0.330 e. The highest BCUT2D eigenvalue weighted by atomic mass is 16.5. The average molecular weight is 565 g/mol. The fraction of sp³-hybridized carbons (Fsp3) is 0.538. The highest BCUT2D eigenvalue weighted by molar-refractivity contribution is 5.82. The molecule has 14 heteroatoms. The number of nitrogens with two attached hydrogens (primary N) is 2. The second-order valence-electron chi connectivity index (χ2n) is 10.0. The molecule has 0 radical (unpaired) electrons. The lowest BCUT2D eigenvalue weighted by Crippen LogP contribution is -2.58. The Labute approximate surface area is 229 Å². The van der Waals surface area contributed by atoms with Gasteiger partial charge in [0.1, 0.15) is 0 Å². The molecule has 1 saturated carbocycles. The second-order valence-corrected chi connectivity index (χ2v) is 10.0. The van der Waals surface area contributed by atoms with E-state index in [-0.39, 0.29) is 57.0 Å². The molecule has 0 aromatic carbocycles. The molecule has 0 bridgehead atoms. The van der Waals surface area contributed by atoms with Crippen LogP contribution in [-0.2, 0) is 43.2 Å². The van der Waals surface area contributed by atoms with Gasteiger partial charge < -0.3 is 50.5 Å². The van der Waals surface area contributed by atoms with Gasteiger partial charge >= 0.3 is 11.9 Å². The third kappa shape index (κ3) is 5.35. The molecule has 2 aromatic heterocycles. The summed E-state index contributed by atoms with van der Waals surface area (Å²) in [7, 11) is 2.86. The van der Waals surface area contributed by atoms with E-state index < -0.39 is 57.2 Å². The van der Waals surface area contributed by atoms with Crippen LogP contribution in [0.4, 0.5) is 0 Å². The fourth-order valence-corrected chi connectivity index (χ4v) is 5.70. The number of carboxylic acids is 2. The van der Waals surface area contributed by atoms with Crippen LogP contribution >= 0.6 is 0 Å². The van der Waals surface area contributed by atoms with Gasteiger partial charge in [-0.1, -0.05) is 6.42 Å². The van der Waals surface area contributed by atoms with Crippen LogP contribution in [0.25, 0.3) is 0 Å². The van der Waals surface area contributed by atoms with Gasteiger partial charge in [-0.3, -0.25) is 9.59 Å². The third-order valence-corrected chi connectivity index (χ3v) is 7.83. The zero-order valence-electron chi connectivity index (χ0n) is 22.4. The molecule has 4 atom stereocenters. The number of aromatic nitrogens is 2. The van der Waals surface area contributed by atoms with Crippen molar-refractivity contribution in [3.05, 3.63) is 56.4 Å². The predicted molar refractivity (Wildman–Crippen MR) is 141 cm³/mol. The quantitative estimate of drug-likeness (QED) is 0.195. The Hall–Kier alpha value is -3.72. The summed E-state index contributed by atoms with van der Waals surface area (Å²) in [5, 5.41) is 42.3. The van der Waals surface area contributed by atoms with Gasteiger partial charge in [0.2, 0.25) is 10.9 Å². The van der Waals surface area contributed by atoms with Crippen LogP contribution in [0.1, 0.15) is 37.1 Å². The van der Waals surface area contributed by atoms with E-state index in [1.165, 1.54) is 35.7 Å². The number of ether oxygens (including phenoxy) is 2. The van der Waals surface area contributed by atoms with E-state index in [4.69, 9.17) is 20.9 Å². The van der Waals surface area contributed by atoms with Crippen molar-refractivity contribution < 1.29 is 39.5 Å². The highest BCUT2D eigenvalue weighted by Gasteiger charge is 2.55. The summed E-state index contributed by atoms with van der Waals surface area (Å²) in [5.41, 5.74) is 6.16. The number of nitrogens with zero attached hydrogens (tertiary/aromatic N) is 2. The molecule has 3 rings (SSSR count). The molecule has 0 spiro atoms. The number of carboxylic acid groups (broad SMARTS) is 2. The van der Waals surface area contributed by atoms with Crippen molar-refractivity contribution in [2.75, 3.05) is 27.4 Å². The maximum absolute atomic E-state index is 12.8. The highest BCUT2D eigenvalue weighted by Crippen LogP contribution is 2.47. The molecule has 1 fully saturated rings. The smallest absolute Gasteiger partial charge is 0.330 e. The van der Waals surface area contributed by atoms with E-state index in [9.17, 15) is 39.6 Å². The van der Waals surface area contributed by atoms with E-state index in [1.54, 1.807) is 0 Å². The van der Waals surface area contributed by atoms with Gasteiger partial charge in [-0.15, -0.1) is 0 Å². The molecule has 14 nitrogen and oxygen atoms in total. The van der Waals surface area contributed by atoms with Crippen molar-refractivity contribution in [2.24, 2.45) is 23.3 Å². The van der Waals surface area contributed by atoms with Crippen LogP contribution in [0.5, 0.6) is 11.5 Å². The summed E-state index contributed by atoms with van der Waals surface area (Å²) in [6.07, 6.45) is 3.15. The van der Waals surface area contributed by atoms with Crippen LogP contribution < -0.4 is 22.3 Å². The number of methoxy groups -OCH3 is 2. The lowest BCUT2D eigenvalue weighted by atomic mass is 9.64. The first-order valence-electron chi connectivity index (χ1n) is 12.7. The molecule has 1 aliphatic carbocycles. The monoisotopic (exact) mass is 564 g/mol. The Morgan fingerprint density at radius 2 is 1.23 bits per heavy atom. The molecule has 0 aliphatic heterocycles. The normalized spacial score (nSPS) is 20.4. The zero-order chi connectivity index (χ0) is 29.8. The van der Waals surface area contributed by atoms with Gasteiger partial charge in [-0.05, 0) is 31.1 Å². The van der Waals surface area contributed by atoms with Crippen molar-refractivity contribution in [1.29, 1.82) is 0 Å². The Kier molecular flexibility index (Phi) is 9.40. The minimum atomic E-state index is -2.33. The van der Waals surface area contributed by atoms with Crippen LogP contribution in [-0.4, -0.2) is 68.9 Å². The molecule has 8 N–H and O–H groups in total. The van der Waals surface area contributed by atoms with Crippen molar-refractivity contribution in [3.63, 3.8) is 0 Å². The lowest BCUT2D eigenvalue weighted by molar-refractivity contribution is -0.150. The van der Waals surface area contributed by atoms with Gasteiger partial charge in [0.15, 0.2) is 22.6 Å². The summed E-state index contributed by atoms with van der Waals surface area (Å²) in [5.74, 6) is -6.76. The van der Waals surface area contributed by atoms with Crippen molar-refractivity contribution in [3.8, 4) is 11.5 Å². The molecular weight excluding hydrogens is 528 g/mol. The summed E-state index contributed by atoms with van der Waals surface area (Å²) in [6.45, 7) is 0.383. The van der Waals surface area contributed by atoms with E-state index in [0.29, 0.717) is 6.42 Å². The molecule has 0 saturated heterocycles. The SMILES string of the molecule is COCCn1ccc(=O)c(O)c1C(N)(C(=O)O)C1CCCC(C(N)(C(=O)O)c2c(O)c(=O)ccn2CCOC)C1. The van der Waals surface area contributed by atoms with Crippen LogP contribution in [0.15, 0.2) is 34.1 Å². The molecular formula is C26H36N4O10. The van der Waals surface area contributed by atoms with Gasteiger partial charge in [0, 0.05) is 51.8 Å². The number of aliphatic carboxylic acids is 2. The minimum absolute atomic E-state index is 0.0711. The van der Waals surface area contributed by atoms with Crippen LogP contribution in [0.3, 0.4) is 0 Å². The van der Waals surface area contributed by atoms with Crippen molar-refractivity contribution in [2.45, 2.75) is 49.9 Å². The first kappa shape index (κ1) is 30.8. The molecule has 220 valence electrons. The predicted octanol–water partition coefficient (Wildman–Crippen LogP) is -0.302. The Morgan fingerprint density at radius 1 is 0.850 bits per heavy atom. The third-order valence-electron chi connectivity index (χ3n) is 7.83. The minimum Gasteiger partial charge on any atom is -0.503 e.